The van der Waals surface area contributed by atoms with Crippen LogP contribution < -0.4 is 0 Å². The van der Waals surface area contributed by atoms with E-state index in [1.54, 1.807) is 0 Å². The maximum absolute atomic E-state index is 6.42. The van der Waals surface area contributed by atoms with Crippen molar-refractivity contribution in [3.8, 4) is 55.9 Å². The normalized spacial score (nSPS) is 11.9. The molecule has 67 heavy (non-hydrogen) atoms. The molecule has 11 aromatic carbocycles. The summed E-state index contributed by atoms with van der Waals surface area (Å²) in [6.45, 7) is 0. The molecular formula is C62H36N4O. The molecule has 5 nitrogen and oxygen atoms in total. The third kappa shape index (κ3) is 6.02. The Morgan fingerprint density at radius 1 is 0.239 bits per heavy atom. The Bertz CT molecular complexity index is 4290. The largest absolute Gasteiger partial charge is 0.456 e. The SMILES string of the molecule is c1cc(-c2cccc(-c3cnc4c5ccccc5c5ccccc5c4n3)c2)cc(-c2ccc3oc4ccc(-c5cccc(-c6cnc7c8ccccc8c8ccccc8c7n6)c5)cc4c3c2)c1. The monoisotopic (exact) mass is 852 g/mol. The molecule has 3 heterocycles. The van der Waals surface area contributed by atoms with Gasteiger partial charge in [-0.15, -0.1) is 0 Å². The fourth-order valence-corrected chi connectivity index (χ4v) is 10.3. The predicted octanol–water partition coefficient (Wildman–Crippen LogP) is 16.4. The maximum Gasteiger partial charge on any atom is 0.135 e. The highest BCUT2D eigenvalue weighted by Crippen LogP contribution is 2.39. The summed E-state index contributed by atoms with van der Waals surface area (Å²) in [6.07, 6.45) is 3.82. The van der Waals surface area contributed by atoms with Gasteiger partial charge in [-0.1, -0.05) is 164 Å². The summed E-state index contributed by atoms with van der Waals surface area (Å²) in [5, 5.41) is 11.3. The van der Waals surface area contributed by atoms with Crippen LogP contribution >= 0.6 is 0 Å². The van der Waals surface area contributed by atoms with Crippen molar-refractivity contribution in [3.63, 3.8) is 0 Å². The van der Waals surface area contributed by atoms with Gasteiger partial charge in [0.05, 0.1) is 45.8 Å². The molecule has 0 aliphatic rings. The number of nitrogens with zero attached hydrogens (tertiary/aromatic N) is 4. The van der Waals surface area contributed by atoms with E-state index in [0.717, 1.165) is 121 Å². The van der Waals surface area contributed by atoms with Gasteiger partial charge in [0.15, 0.2) is 0 Å². The van der Waals surface area contributed by atoms with Crippen molar-refractivity contribution in [3.05, 3.63) is 219 Å². The lowest BCUT2D eigenvalue weighted by molar-refractivity contribution is 0.669. The van der Waals surface area contributed by atoms with Crippen molar-refractivity contribution in [1.82, 2.24) is 19.9 Å². The summed E-state index contributed by atoms with van der Waals surface area (Å²) >= 11 is 0. The van der Waals surface area contributed by atoms with Gasteiger partial charge in [-0.05, 0) is 97.4 Å². The average Bonchev–Trinajstić information content (AvgIpc) is 3.78. The van der Waals surface area contributed by atoms with Crippen LogP contribution in [-0.4, -0.2) is 19.9 Å². The minimum absolute atomic E-state index is 0.841. The van der Waals surface area contributed by atoms with Gasteiger partial charge >= 0.3 is 0 Å². The van der Waals surface area contributed by atoms with E-state index >= 15 is 0 Å². The van der Waals surface area contributed by atoms with Crippen LogP contribution in [0.1, 0.15) is 0 Å². The molecule has 0 amide bonds. The van der Waals surface area contributed by atoms with Crippen molar-refractivity contribution >= 4 is 87.1 Å². The highest BCUT2D eigenvalue weighted by atomic mass is 16.3. The molecule has 5 heteroatoms. The highest BCUT2D eigenvalue weighted by Gasteiger charge is 2.16. The smallest absolute Gasteiger partial charge is 0.135 e. The Hall–Kier alpha value is -9.06. The molecule has 310 valence electrons. The Morgan fingerprint density at radius 2 is 0.552 bits per heavy atom. The van der Waals surface area contributed by atoms with Gasteiger partial charge in [0.1, 0.15) is 11.2 Å². The predicted molar refractivity (Wildman–Crippen MR) is 277 cm³/mol. The quantitative estimate of drug-likeness (QED) is 0.161. The first-order chi connectivity index (χ1) is 33.2. The van der Waals surface area contributed by atoms with Crippen LogP contribution in [0.5, 0.6) is 0 Å². The number of aromatic nitrogens is 4. The lowest BCUT2D eigenvalue weighted by Gasteiger charge is -2.11. The van der Waals surface area contributed by atoms with E-state index in [-0.39, 0.29) is 0 Å². The van der Waals surface area contributed by atoms with E-state index < -0.39 is 0 Å². The standard InChI is InChI=1S/C62H36N4O/c1-5-22-49-45(18-1)47-20-3-7-24-51(47)61-59(49)63-35-55(65-61)43-16-10-14-39(31-43)37-12-9-13-38(30-37)41-26-28-57-53(33-41)54-34-42(27-29-58(54)67-57)40-15-11-17-44(32-40)56-36-64-60-50-23-6-2-19-46(50)48-21-4-8-25-52(48)62(60)66-56/h1-36H. The van der Waals surface area contributed by atoms with Crippen molar-refractivity contribution in [2.75, 3.05) is 0 Å². The Morgan fingerprint density at radius 3 is 0.940 bits per heavy atom. The fourth-order valence-electron chi connectivity index (χ4n) is 10.3. The molecule has 14 aromatic rings. The summed E-state index contributed by atoms with van der Waals surface area (Å²) < 4.78 is 6.42. The van der Waals surface area contributed by atoms with Crippen LogP contribution in [0.15, 0.2) is 223 Å². The molecule has 0 saturated heterocycles. The minimum atomic E-state index is 0.841. The molecule has 0 fully saturated rings. The summed E-state index contributed by atoms with van der Waals surface area (Å²) in [5.41, 5.74) is 15.8. The number of fused-ring (bicyclic) bond motifs is 15. The first-order valence-corrected chi connectivity index (χ1v) is 22.6. The highest BCUT2D eigenvalue weighted by molar-refractivity contribution is 6.24. The molecular weight excluding hydrogens is 817 g/mol. The van der Waals surface area contributed by atoms with Gasteiger partial charge in [-0.2, -0.15) is 0 Å². The number of hydrogen-bond donors (Lipinski definition) is 0. The van der Waals surface area contributed by atoms with Crippen LogP contribution in [-0.2, 0) is 0 Å². The number of hydrogen-bond acceptors (Lipinski definition) is 5. The van der Waals surface area contributed by atoms with Crippen LogP contribution in [0.25, 0.3) is 143 Å². The lowest BCUT2D eigenvalue weighted by atomic mass is 9.96. The summed E-state index contributed by atoms with van der Waals surface area (Å²) in [4.78, 5) is 20.6. The van der Waals surface area contributed by atoms with Gasteiger partial charge in [-0.3, -0.25) is 9.97 Å². The van der Waals surface area contributed by atoms with Gasteiger partial charge < -0.3 is 4.42 Å². The Kier molecular flexibility index (Phi) is 8.21. The van der Waals surface area contributed by atoms with E-state index in [9.17, 15) is 0 Å². The molecule has 0 aliphatic heterocycles. The van der Waals surface area contributed by atoms with Gasteiger partial charge in [0, 0.05) is 43.4 Å². The van der Waals surface area contributed by atoms with Crippen LogP contribution in [0.2, 0.25) is 0 Å². The molecule has 0 unspecified atom stereocenters. The lowest BCUT2D eigenvalue weighted by Crippen LogP contribution is -1.92. The molecule has 0 spiro atoms. The molecule has 0 N–H and O–H groups in total. The number of furan rings is 1. The zero-order valence-corrected chi connectivity index (χ0v) is 36.0. The van der Waals surface area contributed by atoms with E-state index in [0.29, 0.717) is 0 Å². The van der Waals surface area contributed by atoms with Gasteiger partial charge in [0.2, 0.25) is 0 Å². The van der Waals surface area contributed by atoms with Crippen molar-refractivity contribution in [2.24, 2.45) is 0 Å². The Labute approximate surface area is 384 Å². The molecule has 0 atom stereocenters. The molecule has 3 aromatic heterocycles. The topological polar surface area (TPSA) is 64.7 Å². The second-order valence-electron chi connectivity index (χ2n) is 17.4. The summed E-state index contributed by atoms with van der Waals surface area (Å²) in [6, 6.07) is 72.9. The van der Waals surface area contributed by atoms with Gasteiger partial charge in [-0.25, -0.2) is 9.97 Å². The summed E-state index contributed by atoms with van der Waals surface area (Å²) in [5.74, 6) is 0. The second kappa shape index (κ2) is 14.7. The van der Waals surface area contributed by atoms with Crippen LogP contribution in [0.4, 0.5) is 0 Å². The zero-order valence-electron chi connectivity index (χ0n) is 36.0. The van der Waals surface area contributed by atoms with E-state index in [4.69, 9.17) is 24.4 Å². The molecule has 0 saturated carbocycles. The molecule has 0 bridgehead atoms. The summed E-state index contributed by atoms with van der Waals surface area (Å²) in [7, 11) is 0. The van der Waals surface area contributed by atoms with E-state index in [2.05, 4.69) is 206 Å². The zero-order chi connectivity index (χ0) is 44.0. The van der Waals surface area contributed by atoms with Crippen LogP contribution in [0.3, 0.4) is 0 Å². The van der Waals surface area contributed by atoms with E-state index in [1.165, 1.54) is 21.5 Å². The first kappa shape index (κ1) is 37.3. The second-order valence-corrected chi connectivity index (χ2v) is 17.4. The molecule has 0 radical (unpaired) electrons. The van der Waals surface area contributed by atoms with E-state index in [1.807, 2.05) is 12.4 Å². The van der Waals surface area contributed by atoms with Crippen molar-refractivity contribution in [2.45, 2.75) is 0 Å². The molecule has 14 rings (SSSR count). The van der Waals surface area contributed by atoms with Crippen molar-refractivity contribution in [1.29, 1.82) is 0 Å². The minimum Gasteiger partial charge on any atom is -0.456 e. The Balaban J connectivity index is 0.804. The fraction of sp³-hybridized carbons (Fsp3) is 0. The van der Waals surface area contributed by atoms with Crippen LogP contribution in [0, 0.1) is 0 Å². The first-order valence-electron chi connectivity index (χ1n) is 22.6. The third-order valence-corrected chi connectivity index (χ3v) is 13.5. The maximum atomic E-state index is 6.42. The van der Waals surface area contributed by atoms with Gasteiger partial charge in [0.25, 0.3) is 0 Å². The molecule has 0 aliphatic carbocycles. The average molecular weight is 853 g/mol. The number of rotatable bonds is 5. The van der Waals surface area contributed by atoms with Crippen molar-refractivity contribution < 1.29 is 4.42 Å². The third-order valence-electron chi connectivity index (χ3n) is 13.5. The number of benzene rings is 11.